The standard InChI is InChI=1S/C10H19N3O4S2/c1-17-9(14)12-19(15,16)13-10(8(11)18)6-4-2-3-5-7-10/h13H,2-7H2,1H3,(H2,11,18)(H,12,14). The van der Waals surface area contributed by atoms with Crippen LogP contribution in [0.1, 0.15) is 38.5 Å². The summed E-state index contributed by atoms with van der Waals surface area (Å²) in [4.78, 5) is 11.1. The number of rotatable bonds is 4. The minimum absolute atomic E-state index is 0.102. The van der Waals surface area contributed by atoms with Gasteiger partial charge in [-0.2, -0.15) is 13.1 Å². The lowest BCUT2D eigenvalue weighted by Gasteiger charge is -2.32. The van der Waals surface area contributed by atoms with Crippen LogP contribution in [0.4, 0.5) is 4.79 Å². The van der Waals surface area contributed by atoms with Crippen molar-refractivity contribution in [2.75, 3.05) is 7.11 Å². The van der Waals surface area contributed by atoms with Crippen LogP contribution in [-0.4, -0.2) is 32.1 Å². The minimum Gasteiger partial charge on any atom is -0.452 e. The molecule has 19 heavy (non-hydrogen) atoms. The Morgan fingerprint density at radius 1 is 1.26 bits per heavy atom. The van der Waals surface area contributed by atoms with Gasteiger partial charge in [0.05, 0.1) is 17.6 Å². The number of hydrogen-bond acceptors (Lipinski definition) is 5. The highest BCUT2D eigenvalue weighted by molar-refractivity contribution is 7.88. The van der Waals surface area contributed by atoms with Crippen molar-refractivity contribution in [2.45, 2.75) is 44.1 Å². The number of ether oxygens (including phenoxy) is 1. The number of nitrogens with two attached hydrogens (primary N) is 1. The number of carbonyl (C=O) groups excluding carboxylic acids is 1. The molecule has 0 aromatic carbocycles. The SMILES string of the molecule is COC(=O)NS(=O)(=O)NC1(C(N)=S)CCCCCC1. The Hall–Kier alpha value is -0.930. The predicted molar refractivity (Wildman–Crippen MR) is 74.8 cm³/mol. The molecule has 0 aromatic rings. The third-order valence-corrected chi connectivity index (χ3v) is 4.65. The van der Waals surface area contributed by atoms with Crippen molar-refractivity contribution >= 4 is 33.5 Å². The molecule has 0 radical (unpaired) electrons. The van der Waals surface area contributed by atoms with E-state index in [1.54, 1.807) is 4.72 Å². The quantitative estimate of drug-likeness (QED) is 0.517. The van der Waals surface area contributed by atoms with Gasteiger partial charge in [-0.15, -0.1) is 0 Å². The zero-order chi connectivity index (χ0) is 14.5. The summed E-state index contributed by atoms with van der Waals surface area (Å²) in [5, 5.41) is 0. The van der Waals surface area contributed by atoms with E-state index in [9.17, 15) is 13.2 Å². The Kier molecular flexibility index (Phi) is 5.50. The van der Waals surface area contributed by atoms with Crippen LogP contribution in [0.5, 0.6) is 0 Å². The van der Waals surface area contributed by atoms with Gasteiger partial charge in [-0.1, -0.05) is 37.9 Å². The fraction of sp³-hybridized carbons (Fsp3) is 0.800. The van der Waals surface area contributed by atoms with Crippen molar-refractivity contribution in [3.05, 3.63) is 0 Å². The monoisotopic (exact) mass is 309 g/mol. The molecule has 0 heterocycles. The Morgan fingerprint density at radius 3 is 2.21 bits per heavy atom. The largest absolute Gasteiger partial charge is 0.452 e. The van der Waals surface area contributed by atoms with E-state index in [2.05, 4.69) is 9.46 Å². The molecule has 110 valence electrons. The maximum absolute atomic E-state index is 11.9. The van der Waals surface area contributed by atoms with Crippen LogP contribution in [-0.2, 0) is 14.9 Å². The highest BCUT2D eigenvalue weighted by Gasteiger charge is 2.38. The van der Waals surface area contributed by atoms with Gasteiger partial charge in [-0.3, -0.25) is 0 Å². The van der Waals surface area contributed by atoms with Crippen molar-refractivity contribution in [1.82, 2.24) is 9.44 Å². The highest BCUT2D eigenvalue weighted by Crippen LogP contribution is 2.28. The molecule has 9 heteroatoms. The molecule has 1 rings (SSSR count). The Balaban J connectivity index is 2.89. The van der Waals surface area contributed by atoms with Crippen LogP contribution in [0.3, 0.4) is 0 Å². The lowest BCUT2D eigenvalue weighted by molar-refractivity contribution is 0.177. The van der Waals surface area contributed by atoms with Gasteiger partial charge in [0, 0.05) is 0 Å². The fourth-order valence-corrected chi connectivity index (χ4v) is 3.67. The molecule has 0 aliphatic heterocycles. The number of nitrogens with one attached hydrogen (secondary N) is 2. The summed E-state index contributed by atoms with van der Waals surface area (Å²) in [5.41, 5.74) is 4.74. The first-order valence-electron chi connectivity index (χ1n) is 6.01. The molecule has 4 N–H and O–H groups in total. The minimum atomic E-state index is -4.05. The van der Waals surface area contributed by atoms with Crippen molar-refractivity contribution in [3.8, 4) is 0 Å². The molecule has 0 aromatic heterocycles. The maximum Gasteiger partial charge on any atom is 0.421 e. The number of methoxy groups -OCH3 is 1. The summed E-state index contributed by atoms with van der Waals surface area (Å²) in [6.45, 7) is 0. The van der Waals surface area contributed by atoms with Crippen LogP contribution < -0.4 is 15.2 Å². The van der Waals surface area contributed by atoms with E-state index in [1.807, 2.05) is 0 Å². The van der Waals surface area contributed by atoms with Gasteiger partial charge < -0.3 is 10.5 Å². The Morgan fingerprint density at radius 2 is 1.79 bits per heavy atom. The average Bonchev–Trinajstić information content (AvgIpc) is 2.54. The second-order valence-electron chi connectivity index (χ2n) is 4.56. The first kappa shape index (κ1) is 16.1. The van der Waals surface area contributed by atoms with E-state index < -0.39 is 21.8 Å². The van der Waals surface area contributed by atoms with E-state index in [0.29, 0.717) is 12.8 Å². The first-order chi connectivity index (χ1) is 8.81. The molecule has 1 saturated carbocycles. The smallest absolute Gasteiger partial charge is 0.421 e. The normalized spacial score (nSPS) is 19.2. The molecular formula is C10H19N3O4S2. The molecule has 0 saturated heterocycles. The third kappa shape index (κ3) is 4.59. The zero-order valence-electron chi connectivity index (χ0n) is 10.8. The first-order valence-corrected chi connectivity index (χ1v) is 7.90. The van der Waals surface area contributed by atoms with Gasteiger partial charge >= 0.3 is 16.3 Å². The molecule has 7 nitrogen and oxygen atoms in total. The molecule has 0 atom stereocenters. The summed E-state index contributed by atoms with van der Waals surface area (Å²) in [6.07, 6.45) is 3.69. The second kappa shape index (κ2) is 6.49. The van der Waals surface area contributed by atoms with Gasteiger partial charge in [-0.25, -0.2) is 9.52 Å². The average molecular weight is 309 g/mol. The third-order valence-electron chi connectivity index (χ3n) is 3.16. The van der Waals surface area contributed by atoms with E-state index >= 15 is 0 Å². The Bertz CT molecular complexity index is 442. The summed E-state index contributed by atoms with van der Waals surface area (Å²) in [7, 11) is -2.97. The molecule has 1 fully saturated rings. The molecule has 1 aliphatic rings. The van der Waals surface area contributed by atoms with Crippen LogP contribution in [0, 0.1) is 0 Å². The summed E-state index contributed by atoms with van der Waals surface area (Å²) < 4.78 is 32.1. The van der Waals surface area contributed by atoms with E-state index in [1.165, 1.54) is 0 Å². The van der Waals surface area contributed by atoms with Crippen LogP contribution >= 0.6 is 12.2 Å². The number of amides is 1. The van der Waals surface area contributed by atoms with Gasteiger partial charge in [0.25, 0.3) is 0 Å². The second-order valence-corrected chi connectivity index (χ2v) is 6.41. The van der Waals surface area contributed by atoms with Crippen molar-refractivity contribution in [3.63, 3.8) is 0 Å². The van der Waals surface area contributed by atoms with Gasteiger partial charge in [0.2, 0.25) is 0 Å². The van der Waals surface area contributed by atoms with E-state index in [0.717, 1.165) is 32.8 Å². The topological polar surface area (TPSA) is 111 Å². The number of thiocarbonyl (C=S) groups is 1. The number of hydrogen-bond donors (Lipinski definition) is 3. The zero-order valence-corrected chi connectivity index (χ0v) is 12.4. The molecule has 0 spiro atoms. The summed E-state index contributed by atoms with van der Waals surface area (Å²) in [5.74, 6) is 0. The van der Waals surface area contributed by atoms with Crippen LogP contribution in [0.2, 0.25) is 0 Å². The van der Waals surface area contributed by atoms with Gasteiger partial charge in [0.15, 0.2) is 0 Å². The predicted octanol–water partition coefficient (Wildman–Crippen LogP) is 0.556. The Labute approximate surface area is 118 Å². The summed E-state index contributed by atoms with van der Waals surface area (Å²) >= 11 is 5.00. The van der Waals surface area contributed by atoms with E-state index in [4.69, 9.17) is 18.0 Å². The molecule has 1 amide bonds. The molecule has 0 unspecified atom stereocenters. The molecule has 0 bridgehead atoms. The van der Waals surface area contributed by atoms with Gasteiger partial charge in [-0.05, 0) is 12.8 Å². The molecular weight excluding hydrogens is 290 g/mol. The van der Waals surface area contributed by atoms with Crippen molar-refractivity contribution in [1.29, 1.82) is 0 Å². The maximum atomic E-state index is 11.9. The van der Waals surface area contributed by atoms with Crippen molar-refractivity contribution < 1.29 is 17.9 Å². The van der Waals surface area contributed by atoms with Crippen LogP contribution in [0.15, 0.2) is 0 Å². The number of carbonyl (C=O) groups is 1. The fourth-order valence-electron chi connectivity index (χ4n) is 2.16. The van der Waals surface area contributed by atoms with Gasteiger partial charge in [0.1, 0.15) is 0 Å². The van der Waals surface area contributed by atoms with Crippen molar-refractivity contribution in [2.24, 2.45) is 5.73 Å². The lowest BCUT2D eigenvalue weighted by atomic mass is 9.91. The highest BCUT2D eigenvalue weighted by atomic mass is 32.2. The lowest BCUT2D eigenvalue weighted by Crippen LogP contribution is -2.59. The summed E-state index contributed by atoms with van der Waals surface area (Å²) in [6, 6.07) is 0. The molecule has 1 aliphatic carbocycles. The van der Waals surface area contributed by atoms with Crippen LogP contribution in [0.25, 0.3) is 0 Å². The van der Waals surface area contributed by atoms with E-state index in [-0.39, 0.29) is 4.99 Å².